The predicted molar refractivity (Wildman–Crippen MR) is 39.2 cm³/mol. The second-order valence-electron chi connectivity index (χ2n) is 1.24. The minimum Gasteiger partial charge on any atom is -0.750 e. The van der Waals surface area contributed by atoms with E-state index < -0.39 is 11.4 Å². The van der Waals surface area contributed by atoms with Gasteiger partial charge in [0.2, 0.25) is 0 Å². The Kier molecular flexibility index (Phi) is 5.60. The van der Waals surface area contributed by atoms with Crippen molar-refractivity contribution in [1.29, 1.82) is 5.41 Å². The van der Waals surface area contributed by atoms with Crippen LogP contribution in [0, 0.1) is 5.41 Å². The topological polar surface area (TPSA) is 99.2 Å². The molecule has 0 aromatic carbocycles. The van der Waals surface area contributed by atoms with Gasteiger partial charge >= 0.3 is 0 Å². The second kappa shape index (κ2) is 5.66. The number of hydrogen-bond donors (Lipinski definition) is 2. The molecule has 0 rings (SSSR count). The molecule has 7 heteroatoms. The maximum Gasteiger partial charge on any atom is 0.151 e. The van der Waals surface area contributed by atoms with E-state index in [9.17, 15) is 8.76 Å². The summed E-state index contributed by atoms with van der Waals surface area (Å²) in [6.45, 7) is 0.0559. The summed E-state index contributed by atoms with van der Waals surface area (Å²) < 4.78 is 23.6. The fraction of sp³-hybridized carbons (Fsp3) is 0.667. The Morgan fingerprint density at radius 1 is 1.90 bits per heavy atom. The number of amidine groups is 1. The van der Waals surface area contributed by atoms with Crippen molar-refractivity contribution in [2.75, 3.05) is 12.4 Å². The first-order valence-electron chi connectivity index (χ1n) is 2.32. The lowest BCUT2D eigenvalue weighted by molar-refractivity contribution is 0.320. The summed E-state index contributed by atoms with van der Waals surface area (Å²) in [5.41, 5.74) is 4.95. The highest BCUT2D eigenvalue weighted by Crippen LogP contribution is 1.96. The summed E-state index contributed by atoms with van der Waals surface area (Å²) in [5.74, 6) is 0.378. The minimum absolute atomic E-state index is 0.0414. The van der Waals surface area contributed by atoms with E-state index in [2.05, 4.69) is 4.18 Å². The van der Waals surface area contributed by atoms with Gasteiger partial charge in [0.15, 0.2) is 5.17 Å². The number of hydrogen-bond acceptors (Lipinski definition) is 5. The predicted octanol–water partition coefficient (Wildman–Crippen LogP) is -0.576. The molecule has 60 valence electrons. The molecule has 0 spiro atoms. The zero-order chi connectivity index (χ0) is 7.98. The molecule has 1 atom stereocenters. The molecule has 0 aliphatic heterocycles. The summed E-state index contributed by atoms with van der Waals surface area (Å²) in [5, 5.41) is 6.67. The number of nitrogens with one attached hydrogen (secondary N) is 1. The Morgan fingerprint density at radius 3 is 2.90 bits per heavy atom. The van der Waals surface area contributed by atoms with Crippen molar-refractivity contribution in [3.8, 4) is 0 Å². The van der Waals surface area contributed by atoms with E-state index in [1.165, 1.54) is 0 Å². The van der Waals surface area contributed by atoms with Crippen LogP contribution in [0.3, 0.4) is 0 Å². The zero-order valence-corrected chi connectivity index (χ0v) is 6.67. The summed E-state index contributed by atoms with van der Waals surface area (Å²) >= 11 is -1.42. The lowest BCUT2D eigenvalue weighted by Crippen LogP contribution is -2.08. The summed E-state index contributed by atoms with van der Waals surface area (Å²) in [6, 6.07) is 0. The van der Waals surface area contributed by atoms with E-state index in [-0.39, 0.29) is 11.8 Å². The Balaban J connectivity index is 3.06. The van der Waals surface area contributed by atoms with Gasteiger partial charge in [0.05, 0.1) is 18.0 Å². The van der Waals surface area contributed by atoms with Gasteiger partial charge in [-0.1, -0.05) is 11.8 Å². The Labute approximate surface area is 65.3 Å². The molecule has 0 fully saturated rings. The molecular weight excluding hydrogens is 176 g/mol. The minimum atomic E-state index is -2.45. The average molecular weight is 183 g/mol. The molecule has 0 heterocycles. The maximum atomic E-state index is 9.73. The van der Waals surface area contributed by atoms with Crippen LogP contribution in [-0.2, 0) is 15.5 Å². The summed E-state index contributed by atoms with van der Waals surface area (Å²) in [7, 11) is 0. The van der Waals surface area contributed by atoms with Gasteiger partial charge in [-0.2, -0.15) is 0 Å². The normalized spacial score (nSPS) is 12.9. The van der Waals surface area contributed by atoms with Gasteiger partial charge in [-0.3, -0.25) is 9.59 Å². The van der Waals surface area contributed by atoms with Crippen LogP contribution in [-0.4, -0.2) is 26.3 Å². The molecule has 1 unspecified atom stereocenters. The SMILES string of the molecule is N=C(N)SCCOS(=O)[O-]. The Hall–Kier alpha value is -0.110. The van der Waals surface area contributed by atoms with E-state index in [0.29, 0.717) is 5.75 Å². The molecule has 3 N–H and O–H groups in total. The van der Waals surface area contributed by atoms with Gasteiger partial charge in [0, 0.05) is 5.75 Å². The molecular formula is C3H7N2O3S2-. The van der Waals surface area contributed by atoms with Crippen molar-refractivity contribution < 1.29 is 12.9 Å². The van der Waals surface area contributed by atoms with E-state index in [1.807, 2.05) is 0 Å². The number of rotatable bonds is 4. The second-order valence-corrected chi connectivity index (χ2v) is 3.02. The molecule has 0 saturated heterocycles. The molecule has 0 aliphatic rings. The van der Waals surface area contributed by atoms with Crippen molar-refractivity contribution in [2.24, 2.45) is 5.73 Å². The van der Waals surface area contributed by atoms with Crippen LogP contribution in [0.25, 0.3) is 0 Å². The van der Waals surface area contributed by atoms with E-state index >= 15 is 0 Å². The highest BCUT2D eigenvalue weighted by Gasteiger charge is 1.90. The third-order valence-corrected chi connectivity index (χ3v) is 1.56. The highest BCUT2D eigenvalue weighted by molar-refractivity contribution is 8.13. The van der Waals surface area contributed by atoms with Crippen LogP contribution in [0.1, 0.15) is 0 Å². The van der Waals surface area contributed by atoms with Crippen molar-refractivity contribution >= 4 is 28.3 Å². The van der Waals surface area contributed by atoms with Crippen molar-refractivity contribution in [3.63, 3.8) is 0 Å². The van der Waals surface area contributed by atoms with Gasteiger partial charge in [-0.05, 0) is 0 Å². The standard InChI is InChI=1S/C3H8N2O3S2/c4-3(5)9-2-1-8-10(6)7/h1-2H2,(H3,4,5)(H,6,7)/p-1. The lowest BCUT2D eigenvalue weighted by Gasteiger charge is -2.03. The molecule has 0 aliphatic carbocycles. The molecule has 0 amide bonds. The largest absolute Gasteiger partial charge is 0.750 e. The quantitative estimate of drug-likeness (QED) is 0.263. The molecule has 0 radical (unpaired) electrons. The van der Waals surface area contributed by atoms with Crippen LogP contribution >= 0.6 is 11.8 Å². The third kappa shape index (κ3) is 7.89. The van der Waals surface area contributed by atoms with Crippen LogP contribution < -0.4 is 5.73 Å². The van der Waals surface area contributed by atoms with Crippen LogP contribution in [0.5, 0.6) is 0 Å². The third-order valence-electron chi connectivity index (χ3n) is 0.520. The zero-order valence-electron chi connectivity index (χ0n) is 5.03. The number of thioether (sulfide) groups is 1. The molecule has 5 nitrogen and oxygen atoms in total. The first kappa shape index (κ1) is 9.89. The van der Waals surface area contributed by atoms with E-state index in [0.717, 1.165) is 11.8 Å². The molecule has 0 saturated carbocycles. The first-order chi connectivity index (χ1) is 4.63. The van der Waals surface area contributed by atoms with Gasteiger partial charge in [0.1, 0.15) is 0 Å². The van der Waals surface area contributed by atoms with Crippen molar-refractivity contribution in [1.82, 2.24) is 0 Å². The van der Waals surface area contributed by atoms with Crippen LogP contribution in [0.4, 0.5) is 0 Å². The number of nitrogens with two attached hydrogens (primary N) is 1. The van der Waals surface area contributed by atoms with Crippen molar-refractivity contribution in [3.05, 3.63) is 0 Å². The Morgan fingerprint density at radius 2 is 2.50 bits per heavy atom. The van der Waals surface area contributed by atoms with E-state index in [4.69, 9.17) is 11.1 Å². The maximum absolute atomic E-state index is 9.73. The van der Waals surface area contributed by atoms with Gasteiger partial charge in [-0.15, -0.1) is 0 Å². The lowest BCUT2D eigenvalue weighted by atomic mass is 10.9. The van der Waals surface area contributed by atoms with Crippen LogP contribution in [0.15, 0.2) is 0 Å². The van der Waals surface area contributed by atoms with Gasteiger partial charge in [-0.25, -0.2) is 4.21 Å². The summed E-state index contributed by atoms with van der Waals surface area (Å²) in [6.07, 6.45) is 0. The fourth-order valence-corrected chi connectivity index (χ4v) is 0.965. The Bertz CT molecular complexity index is 124. The molecule has 0 bridgehead atoms. The van der Waals surface area contributed by atoms with E-state index in [1.54, 1.807) is 0 Å². The average Bonchev–Trinajstić information content (AvgIpc) is 1.79. The molecule has 0 aromatic rings. The first-order valence-corrected chi connectivity index (χ1v) is 4.31. The van der Waals surface area contributed by atoms with Crippen LogP contribution in [0.2, 0.25) is 0 Å². The monoisotopic (exact) mass is 183 g/mol. The molecule has 0 aromatic heterocycles. The summed E-state index contributed by atoms with van der Waals surface area (Å²) in [4.78, 5) is 0. The molecule has 10 heavy (non-hydrogen) atoms. The van der Waals surface area contributed by atoms with Crippen molar-refractivity contribution in [2.45, 2.75) is 0 Å². The fourth-order valence-electron chi connectivity index (χ4n) is 0.254. The van der Waals surface area contributed by atoms with Gasteiger partial charge < -0.3 is 10.3 Å². The van der Waals surface area contributed by atoms with Gasteiger partial charge in [0.25, 0.3) is 0 Å². The smallest absolute Gasteiger partial charge is 0.151 e. The highest BCUT2D eigenvalue weighted by atomic mass is 32.2.